The van der Waals surface area contributed by atoms with Crippen molar-refractivity contribution in [3.8, 4) is 11.1 Å². The Morgan fingerprint density at radius 3 is 2.48 bits per heavy atom. The first-order valence-electron chi connectivity index (χ1n) is 6.90. The third kappa shape index (κ3) is 3.82. The fourth-order valence-electron chi connectivity index (χ4n) is 2.08. The van der Waals surface area contributed by atoms with Crippen molar-refractivity contribution in [2.45, 2.75) is 25.2 Å². The lowest BCUT2D eigenvalue weighted by Gasteiger charge is -2.10. The fraction of sp³-hybridized carbons (Fsp3) is 0.222. The first-order chi connectivity index (χ1) is 10.2. The maximum Gasteiger partial charge on any atom is 0.120 e. The molecule has 0 bridgehead atoms. The molecule has 2 nitrogen and oxygen atoms in total. The van der Waals surface area contributed by atoms with Gasteiger partial charge >= 0.3 is 0 Å². The molecule has 0 radical (unpaired) electrons. The molecule has 108 valence electrons. The molecule has 21 heavy (non-hydrogen) atoms. The van der Waals surface area contributed by atoms with Gasteiger partial charge in [0.1, 0.15) is 6.29 Å². The lowest BCUT2D eigenvalue weighted by atomic mass is 10.0. The SMILES string of the molecule is C=Nc1ccc(-c2ccc(C)c(C)c2)cc1SCCC=O. The van der Waals surface area contributed by atoms with Crippen LogP contribution in [0.4, 0.5) is 5.69 Å². The van der Waals surface area contributed by atoms with Crippen LogP contribution in [-0.2, 0) is 4.79 Å². The molecule has 2 aromatic carbocycles. The number of nitrogens with zero attached hydrogens (tertiary/aromatic N) is 1. The van der Waals surface area contributed by atoms with Crippen molar-refractivity contribution >= 4 is 30.5 Å². The van der Waals surface area contributed by atoms with E-state index in [0.29, 0.717) is 6.42 Å². The van der Waals surface area contributed by atoms with E-state index in [2.05, 4.69) is 55.9 Å². The summed E-state index contributed by atoms with van der Waals surface area (Å²) in [5.41, 5.74) is 5.82. The molecule has 0 spiro atoms. The molecule has 0 aliphatic rings. The largest absolute Gasteiger partial charge is 0.303 e. The van der Waals surface area contributed by atoms with Gasteiger partial charge in [-0.3, -0.25) is 4.99 Å². The summed E-state index contributed by atoms with van der Waals surface area (Å²) in [5, 5.41) is 0. The van der Waals surface area contributed by atoms with Crippen molar-refractivity contribution in [2.24, 2.45) is 4.99 Å². The Hall–Kier alpha value is -1.87. The van der Waals surface area contributed by atoms with Crippen molar-refractivity contribution in [1.82, 2.24) is 0 Å². The molecule has 0 aromatic heterocycles. The first kappa shape index (κ1) is 15.5. The molecule has 0 N–H and O–H groups in total. The van der Waals surface area contributed by atoms with Crippen LogP contribution in [0, 0.1) is 13.8 Å². The summed E-state index contributed by atoms with van der Waals surface area (Å²) in [6.07, 6.45) is 1.50. The Morgan fingerprint density at radius 1 is 1.10 bits per heavy atom. The fourth-order valence-corrected chi connectivity index (χ4v) is 3.00. The van der Waals surface area contributed by atoms with Gasteiger partial charge in [0, 0.05) is 17.1 Å². The number of aryl methyl sites for hydroxylation is 2. The lowest BCUT2D eigenvalue weighted by molar-refractivity contribution is -0.107. The Labute approximate surface area is 130 Å². The number of carbonyl (C=O) groups is 1. The normalized spacial score (nSPS) is 10.4. The van der Waals surface area contributed by atoms with E-state index in [0.717, 1.165) is 22.6 Å². The molecule has 0 amide bonds. The molecule has 0 aliphatic heterocycles. The number of hydrogen-bond donors (Lipinski definition) is 0. The molecule has 0 saturated carbocycles. The summed E-state index contributed by atoms with van der Waals surface area (Å²) in [5.74, 6) is 0.766. The van der Waals surface area contributed by atoms with E-state index in [4.69, 9.17) is 0 Å². The highest BCUT2D eigenvalue weighted by atomic mass is 32.2. The van der Waals surface area contributed by atoms with Crippen LogP contribution in [-0.4, -0.2) is 18.8 Å². The minimum absolute atomic E-state index is 0.551. The molecule has 2 aromatic rings. The average Bonchev–Trinajstić information content (AvgIpc) is 2.50. The molecule has 0 atom stereocenters. The monoisotopic (exact) mass is 297 g/mol. The van der Waals surface area contributed by atoms with E-state index in [1.54, 1.807) is 11.8 Å². The summed E-state index contributed by atoms with van der Waals surface area (Å²) in [6, 6.07) is 12.7. The van der Waals surface area contributed by atoms with Gasteiger partial charge in [0.05, 0.1) is 5.69 Å². The Bertz CT molecular complexity index is 664. The number of aliphatic imine (C=N–C) groups is 1. The minimum atomic E-state index is 0.551. The number of hydrogen-bond acceptors (Lipinski definition) is 3. The second kappa shape index (κ2) is 7.23. The molecule has 0 fully saturated rings. The summed E-state index contributed by atoms with van der Waals surface area (Å²) < 4.78 is 0. The molecule has 0 saturated heterocycles. The Balaban J connectivity index is 2.35. The molecule has 0 heterocycles. The molecule has 0 aliphatic carbocycles. The average molecular weight is 297 g/mol. The highest BCUT2D eigenvalue weighted by Gasteiger charge is 2.06. The quantitative estimate of drug-likeness (QED) is 0.325. The third-order valence-corrected chi connectivity index (χ3v) is 4.54. The summed E-state index contributed by atoms with van der Waals surface area (Å²) in [4.78, 5) is 15.6. The van der Waals surface area contributed by atoms with Gasteiger partial charge in [-0.1, -0.05) is 24.3 Å². The van der Waals surface area contributed by atoms with E-state index >= 15 is 0 Å². The van der Waals surface area contributed by atoms with Crippen LogP contribution in [0.5, 0.6) is 0 Å². The van der Waals surface area contributed by atoms with Crippen LogP contribution in [0.2, 0.25) is 0 Å². The molecular formula is C18H19NOS. The van der Waals surface area contributed by atoms with E-state index in [9.17, 15) is 4.79 Å². The van der Waals surface area contributed by atoms with Gasteiger partial charge in [0.15, 0.2) is 0 Å². The van der Waals surface area contributed by atoms with E-state index in [-0.39, 0.29) is 0 Å². The maximum atomic E-state index is 10.5. The van der Waals surface area contributed by atoms with E-state index in [1.165, 1.54) is 22.3 Å². The van der Waals surface area contributed by atoms with Crippen LogP contribution in [0.15, 0.2) is 46.3 Å². The second-order valence-corrected chi connectivity index (χ2v) is 6.08. The zero-order valence-electron chi connectivity index (χ0n) is 12.4. The van der Waals surface area contributed by atoms with Gasteiger partial charge in [-0.05, 0) is 55.0 Å². The van der Waals surface area contributed by atoms with Gasteiger partial charge in [-0.2, -0.15) is 0 Å². The van der Waals surface area contributed by atoms with Crippen molar-refractivity contribution in [3.05, 3.63) is 47.5 Å². The number of rotatable bonds is 6. The number of benzene rings is 2. The number of thioether (sulfide) groups is 1. The smallest absolute Gasteiger partial charge is 0.120 e. The second-order valence-electron chi connectivity index (χ2n) is 4.94. The molecule has 2 rings (SSSR count). The van der Waals surface area contributed by atoms with Gasteiger partial charge < -0.3 is 4.79 Å². The maximum absolute atomic E-state index is 10.5. The van der Waals surface area contributed by atoms with Crippen LogP contribution in [0.3, 0.4) is 0 Å². The highest BCUT2D eigenvalue weighted by molar-refractivity contribution is 7.99. The van der Waals surface area contributed by atoms with Crippen LogP contribution < -0.4 is 0 Å². The Morgan fingerprint density at radius 2 is 1.81 bits per heavy atom. The van der Waals surface area contributed by atoms with Crippen LogP contribution in [0.1, 0.15) is 17.5 Å². The van der Waals surface area contributed by atoms with Crippen molar-refractivity contribution < 1.29 is 4.79 Å². The van der Waals surface area contributed by atoms with Gasteiger partial charge in [-0.25, -0.2) is 0 Å². The highest BCUT2D eigenvalue weighted by Crippen LogP contribution is 2.34. The minimum Gasteiger partial charge on any atom is -0.303 e. The lowest BCUT2D eigenvalue weighted by Crippen LogP contribution is -1.86. The van der Waals surface area contributed by atoms with E-state index in [1.807, 2.05) is 6.07 Å². The van der Waals surface area contributed by atoms with Gasteiger partial charge in [0.2, 0.25) is 0 Å². The third-order valence-electron chi connectivity index (χ3n) is 3.46. The molecule has 3 heteroatoms. The predicted octanol–water partition coefficient (Wildman–Crippen LogP) is 4.98. The summed E-state index contributed by atoms with van der Waals surface area (Å²) >= 11 is 1.65. The van der Waals surface area contributed by atoms with Crippen molar-refractivity contribution in [3.63, 3.8) is 0 Å². The van der Waals surface area contributed by atoms with Crippen molar-refractivity contribution in [2.75, 3.05) is 5.75 Å². The Kier molecular flexibility index (Phi) is 5.34. The summed E-state index contributed by atoms with van der Waals surface area (Å²) in [6.45, 7) is 7.85. The van der Waals surface area contributed by atoms with Crippen LogP contribution >= 0.6 is 11.8 Å². The topological polar surface area (TPSA) is 29.4 Å². The molecule has 0 unspecified atom stereocenters. The van der Waals surface area contributed by atoms with Crippen molar-refractivity contribution in [1.29, 1.82) is 0 Å². The predicted molar refractivity (Wildman–Crippen MR) is 92.0 cm³/mol. The first-order valence-corrected chi connectivity index (χ1v) is 7.89. The van der Waals surface area contributed by atoms with Crippen LogP contribution in [0.25, 0.3) is 11.1 Å². The standard InChI is InChI=1S/C18H19NOS/c1-13-5-6-15(11-14(13)2)16-7-8-17(19-3)18(12-16)21-10-4-9-20/h5-9,11-12H,3-4,10H2,1-2H3. The number of carbonyl (C=O) groups excluding carboxylic acids is 1. The summed E-state index contributed by atoms with van der Waals surface area (Å²) in [7, 11) is 0. The zero-order chi connectivity index (χ0) is 15.2. The number of aldehydes is 1. The zero-order valence-corrected chi connectivity index (χ0v) is 13.2. The van der Waals surface area contributed by atoms with Gasteiger partial charge in [-0.15, -0.1) is 11.8 Å². The van der Waals surface area contributed by atoms with E-state index < -0.39 is 0 Å². The molecular weight excluding hydrogens is 278 g/mol. The van der Waals surface area contributed by atoms with Gasteiger partial charge in [0.25, 0.3) is 0 Å².